The first-order valence-electron chi connectivity index (χ1n) is 7.30. The standard InChI is InChI=1S/C16H17N3OS/c20-15-16(12-3-1-2-4-13(12)18-15)5-8-19(9-6-16)11-14-17-7-10-21-14/h1-4,7,10H,5-6,8-9,11H2,(H,18,20). The Kier molecular flexibility index (Phi) is 3.05. The van der Waals surface area contributed by atoms with Crippen LogP contribution in [0.5, 0.6) is 0 Å². The molecule has 0 bridgehead atoms. The maximum Gasteiger partial charge on any atom is 0.235 e. The summed E-state index contributed by atoms with van der Waals surface area (Å²) in [5.74, 6) is 0.178. The number of piperidine rings is 1. The SMILES string of the molecule is O=C1Nc2ccccc2C12CCN(Cc1nccs1)CC2. The van der Waals surface area contributed by atoms with Gasteiger partial charge in [-0.1, -0.05) is 18.2 Å². The molecule has 0 unspecified atom stereocenters. The monoisotopic (exact) mass is 299 g/mol. The number of thiazole rings is 1. The van der Waals surface area contributed by atoms with Crippen LogP contribution in [-0.4, -0.2) is 28.9 Å². The fourth-order valence-corrected chi connectivity index (χ4v) is 4.14. The van der Waals surface area contributed by atoms with E-state index in [9.17, 15) is 4.79 Å². The van der Waals surface area contributed by atoms with Crippen LogP contribution in [0, 0.1) is 0 Å². The smallest absolute Gasteiger partial charge is 0.235 e. The Bertz CT molecular complexity index is 660. The van der Waals surface area contributed by atoms with Gasteiger partial charge < -0.3 is 5.32 Å². The van der Waals surface area contributed by atoms with Crippen LogP contribution in [0.25, 0.3) is 0 Å². The summed E-state index contributed by atoms with van der Waals surface area (Å²) < 4.78 is 0. The normalized spacial score (nSPS) is 20.5. The van der Waals surface area contributed by atoms with Crippen LogP contribution in [0.4, 0.5) is 5.69 Å². The number of fused-ring (bicyclic) bond motifs is 2. The minimum absolute atomic E-state index is 0.178. The lowest BCUT2D eigenvalue weighted by molar-refractivity contribution is -0.122. The molecular weight excluding hydrogens is 282 g/mol. The molecule has 1 amide bonds. The van der Waals surface area contributed by atoms with E-state index in [1.54, 1.807) is 11.3 Å². The average Bonchev–Trinajstić information content (AvgIpc) is 3.10. The lowest BCUT2D eigenvalue weighted by atomic mass is 9.74. The number of para-hydroxylation sites is 1. The summed E-state index contributed by atoms with van der Waals surface area (Å²) in [6.07, 6.45) is 3.63. The van der Waals surface area contributed by atoms with Gasteiger partial charge in [-0.3, -0.25) is 9.69 Å². The second-order valence-corrected chi connectivity index (χ2v) is 6.76. The van der Waals surface area contributed by atoms with E-state index in [4.69, 9.17) is 0 Å². The zero-order valence-corrected chi connectivity index (χ0v) is 12.5. The molecule has 1 aromatic heterocycles. The van der Waals surface area contributed by atoms with E-state index in [2.05, 4.69) is 21.3 Å². The van der Waals surface area contributed by atoms with Crippen molar-refractivity contribution in [3.05, 3.63) is 46.4 Å². The maximum atomic E-state index is 12.5. The summed E-state index contributed by atoms with van der Waals surface area (Å²) in [4.78, 5) is 19.2. The molecule has 1 N–H and O–H groups in total. The van der Waals surface area contributed by atoms with Crippen LogP contribution in [0.3, 0.4) is 0 Å². The van der Waals surface area contributed by atoms with E-state index < -0.39 is 0 Å². The van der Waals surface area contributed by atoms with Crippen molar-refractivity contribution in [2.24, 2.45) is 0 Å². The Morgan fingerprint density at radius 3 is 2.86 bits per heavy atom. The van der Waals surface area contributed by atoms with Gasteiger partial charge in [0.15, 0.2) is 0 Å². The van der Waals surface area contributed by atoms with Gasteiger partial charge in [0.25, 0.3) is 0 Å². The Balaban J connectivity index is 1.53. The number of rotatable bonds is 2. The Labute approximate surface area is 127 Å². The molecule has 4 nitrogen and oxygen atoms in total. The molecule has 2 aliphatic rings. The van der Waals surface area contributed by atoms with Gasteiger partial charge in [0, 0.05) is 17.3 Å². The van der Waals surface area contributed by atoms with Crippen molar-refractivity contribution in [1.82, 2.24) is 9.88 Å². The molecule has 0 radical (unpaired) electrons. The quantitative estimate of drug-likeness (QED) is 0.927. The third kappa shape index (κ3) is 2.08. The highest BCUT2D eigenvalue weighted by Crippen LogP contribution is 2.44. The predicted molar refractivity (Wildman–Crippen MR) is 83.4 cm³/mol. The third-order valence-electron chi connectivity index (χ3n) is 4.68. The van der Waals surface area contributed by atoms with Gasteiger partial charge in [-0.25, -0.2) is 4.98 Å². The van der Waals surface area contributed by atoms with Gasteiger partial charge in [-0.2, -0.15) is 0 Å². The molecule has 0 aliphatic carbocycles. The van der Waals surface area contributed by atoms with E-state index in [1.807, 2.05) is 29.8 Å². The molecule has 4 rings (SSSR count). The number of nitrogens with zero attached hydrogens (tertiary/aromatic N) is 2. The highest BCUT2D eigenvalue weighted by atomic mass is 32.1. The van der Waals surface area contributed by atoms with Gasteiger partial charge in [0.2, 0.25) is 5.91 Å². The molecule has 3 heterocycles. The fourth-order valence-electron chi connectivity index (χ4n) is 3.49. The van der Waals surface area contributed by atoms with E-state index in [0.717, 1.165) is 43.2 Å². The molecule has 108 valence electrons. The largest absolute Gasteiger partial charge is 0.325 e. The molecule has 1 saturated heterocycles. The van der Waals surface area contributed by atoms with E-state index in [0.29, 0.717) is 0 Å². The number of aromatic nitrogens is 1. The number of hydrogen-bond acceptors (Lipinski definition) is 4. The maximum absolute atomic E-state index is 12.5. The first kappa shape index (κ1) is 13.0. The van der Waals surface area contributed by atoms with Crippen molar-refractivity contribution < 1.29 is 4.79 Å². The number of carbonyl (C=O) groups is 1. The molecule has 21 heavy (non-hydrogen) atoms. The van der Waals surface area contributed by atoms with Crippen LogP contribution in [0.1, 0.15) is 23.4 Å². The summed E-state index contributed by atoms with van der Waals surface area (Å²) in [5, 5.41) is 6.22. The van der Waals surface area contributed by atoms with Crippen LogP contribution in [0.2, 0.25) is 0 Å². The minimum Gasteiger partial charge on any atom is -0.325 e. The summed E-state index contributed by atoms with van der Waals surface area (Å²) in [6.45, 7) is 2.79. The topological polar surface area (TPSA) is 45.2 Å². The molecule has 1 spiro atoms. The summed E-state index contributed by atoms with van der Waals surface area (Å²) in [5.41, 5.74) is 1.87. The number of benzene rings is 1. The van der Waals surface area contributed by atoms with Crippen LogP contribution < -0.4 is 5.32 Å². The van der Waals surface area contributed by atoms with Crippen molar-refractivity contribution >= 4 is 22.9 Å². The zero-order valence-electron chi connectivity index (χ0n) is 11.7. The van der Waals surface area contributed by atoms with Crippen molar-refractivity contribution in [3.8, 4) is 0 Å². The van der Waals surface area contributed by atoms with Gasteiger partial charge in [-0.15, -0.1) is 11.3 Å². The lowest BCUT2D eigenvalue weighted by Crippen LogP contribution is -2.46. The zero-order chi connectivity index (χ0) is 14.3. The van der Waals surface area contributed by atoms with Crippen molar-refractivity contribution in [2.75, 3.05) is 18.4 Å². The van der Waals surface area contributed by atoms with Gasteiger partial charge in [-0.05, 0) is 37.6 Å². The number of carbonyl (C=O) groups excluding carboxylic acids is 1. The average molecular weight is 299 g/mol. The molecule has 1 aromatic carbocycles. The molecular formula is C16H17N3OS. The third-order valence-corrected chi connectivity index (χ3v) is 5.44. The van der Waals surface area contributed by atoms with Gasteiger partial charge >= 0.3 is 0 Å². The lowest BCUT2D eigenvalue weighted by Gasteiger charge is -2.37. The summed E-state index contributed by atoms with van der Waals surface area (Å²) >= 11 is 1.70. The number of hydrogen-bond donors (Lipinski definition) is 1. The van der Waals surface area contributed by atoms with Crippen molar-refractivity contribution in [3.63, 3.8) is 0 Å². The second-order valence-electron chi connectivity index (χ2n) is 5.78. The molecule has 0 atom stereocenters. The highest BCUT2D eigenvalue weighted by molar-refractivity contribution is 7.09. The number of nitrogens with one attached hydrogen (secondary N) is 1. The second kappa shape index (κ2) is 4.93. The van der Waals surface area contributed by atoms with Gasteiger partial charge in [0.05, 0.1) is 12.0 Å². The van der Waals surface area contributed by atoms with E-state index >= 15 is 0 Å². The van der Waals surface area contributed by atoms with Crippen molar-refractivity contribution in [2.45, 2.75) is 24.8 Å². The molecule has 0 saturated carbocycles. The molecule has 1 fully saturated rings. The van der Waals surface area contributed by atoms with Crippen LogP contribution in [-0.2, 0) is 16.8 Å². The van der Waals surface area contributed by atoms with Crippen LogP contribution in [0.15, 0.2) is 35.8 Å². The predicted octanol–water partition coefficient (Wildman–Crippen LogP) is 2.63. The summed E-state index contributed by atoms with van der Waals surface area (Å²) in [6, 6.07) is 8.12. The van der Waals surface area contributed by atoms with Crippen molar-refractivity contribution in [1.29, 1.82) is 0 Å². The highest BCUT2D eigenvalue weighted by Gasteiger charge is 2.48. The first-order chi connectivity index (χ1) is 10.3. The van der Waals surface area contributed by atoms with Crippen LogP contribution >= 0.6 is 11.3 Å². The minimum atomic E-state index is -0.310. The fraction of sp³-hybridized carbons (Fsp3) is 0.375. The first-order valence-corrected chi connectivity index (χ1v) is 8.18. The Morgan fingerprint density at radius 2 is 2.10 bits per heavy atom. The number of amides is 1. The number of anilines is 1. The molecule has 2 aliphatic heterocycles. The van der Waals surface area contributed by atoms with E-state index in [-0.39, 0.29) is 11.3 Å². The molecule has 2 aromatic rings. The Morgan fingerprint density at radius 1 is 1.29 bits per heavy atom. The number of likely N-dealkylation sites (tertiary alicyclic amines) is 1. The van der Waals surface area contributed by atoms with Gasteiger partial charge in [0.1, 0.15) is 5.01 Å². The summed E-state index contributed by atoms with van der Waals surface area (Å²) in [7, 11) is 0. The molecule has 5 heteroatoms. The Hall–Kier alpha value is -1.72. The van der Waals surface area contributed by atoms with E-state index in [1.165, 1.54) is 5.56 Å².